The van der Waals surface area contributed by atoms with Crippen LogP contribution in [0.25, 0.3) is 0 Å². The van der Waals surface area contributed by atoms with Crippen LogP contribution in [0.5, 0.6) is 0 Å². The quantitative estimate of drug-likeness (QED) is 0.687. The third-order valence-electron chi connectivity index (χ3n) is 1.40. The standard InChI is InChI=1S/C6H9BrN2OS/c1-9-5(10)4(7)3-8-6(9)11-2/h3,5,10H,1-2H3. The monoisotopic (exact) mass is 236 g/mol. The van der Waals surface area contributed by atoms with Crippen LogP contribution >= 0.6 is 27.7 Å². The smallest absolute Gasteiger partial charge is 0.165 e. The van der Waals surface area contributed by atoms with E-state index in [1.165, 1.54) is 11.8 Å². The third kappa shape index (κ3) is 1.77. The number of likely N-dealkylation sites (N-methyl/N-ethyl adjacent to an activating group) is 1. The summed E-state index contributed by atoms with van der Waals surface area (Å²) >= 11 is 4.71. The van der Waals surface area contributed by atoms with E-state index in [0.29, 0.717) is 4.48 Å². The van der Waals surface area contributed by atoms with E-state index in [1.54, 1.807) is 18.1 Å². The van der Waals surface area contributed by atoms with Crippen LogP contribution in [-0.4, -0.2) is 34.7 Å². The van der Waals surface area contributed by atoms with E-state index in [0.717, 1.165) is 5.17 Å². The van der Waals surface area contributed by atoms with Gasteiger partial charge < -0.3 is 10.0 Å². The number of nitrogens with zero attached hydrogens (tertiary/aromatic N) is 2. The van der Waals surface area contributed by atoms with Crippen LogP contribution in [0.4, 0.5) is 0 Å². The Morgan fingerprint density at radius 2 is 2.45 bits per heavy atom. The van der Waals surface area contributed by atoms with Crippen molar-refractivity contribution in [1.82, 2.24) is 4.90 Å². The maximum absolute atomic E-state index is 9.46. The molecule has 1 heterocycles. The van der Waals surface area contributed by atoms with Gasteiger partial charge in [0.2, 0.25) is 0 Å². The van der Waals surface area contributed by atoms with Crippen LogP contribution in [0.15, 0.2) is 15.7 Å². The third-order valence-corrected chi connectivity index (χ3v) is 2.77. The lowest BCUT2D eigenvalue weighted by Crippen LogP contribution is -2.37. The highest BCUT2D eigenvalue weighted by Crippen LogP contribution is 2.21. The van der Waals surface area contributed by atoms with Gasteiger partial charge in [0.15, 0.2) is 11.4 Å². The summed E-state index contributed by atoms with van der Waals surface area (Å²) in [5.74, 6) is 0. The SMILES string of the molecule is CSC1=NC=C(Br)C(O)N1C. The topological polar surface area (TPSA) is 35.8 Å². The minimum atomic E-state index is -0.588. The minimum absolute atomic E-state index is 0.588. The minimum Gasteiger partial charge on any atom is -0.369 e. The molecule has 1 aliphatic rings. The van der Waals surface area contributed by atoms with Crippen molar-refractivity contribution >= 4 is 32.9 Å². The van der Waals surface area contributed by atoms with Crippen LogP contribution in [0.2, 0.25) is 0 Å². The van der Waals surface area contributed by atoms with Crippen LogP contribution in [-0.2, 0) is 0 Å². The number of rotatable bonds is 0. The summed E-state index contributed by atoms with van der Waals surface area (Å²) in [5.41, 5.74) is 0. The first-order chi connectivity index (χ1) is 5.16. The van der Waals surface area contributed by atoms with Gasteiger partial charge >= 0.3 is 0 Å². The fraction of sp³-hybridized carbons (Fsp3) is 0.500. The fourth-order valence-corrected chi connectivity index (χ4v) is 1.72. The Morgan fingerprint density at radius 1 is 1.82 bits per heavy atom. The normalized spacial score (nSPS) is 24.7. The maximum Gasteiger partial charge on any atom is 0.165 e. The van der Waals surface area contributed by atoms with Gasteiger partial charge in [0.25, 0.3) is 0 Å². The Balaban J connectivity index is 2.84. The Bertz CT molecular complexity index is 217. The van der Waals surface area contributed by atoms with E-state index < -0.39 is 6.23 Å². The van der Waals surface area contributed by atoms with E-state index in [-0.39, 0.29) is 0 Å². The molecule has 0 spiro atoms. The first-order valence-electron chi connectivity index (χ1n) is 3.05. The Kier molecular flexibility index (Phi) is 2.98. The highest BCUT2D eigenvalue weighted by Gasteiger charge is 2.20. The molecule has 11 heavy (non-hydrogen) atoms. The maximum atomic E-state index is 9.46. The van der Waals surface area contributed by atoms with Crippen molar-refractivity contribution in [3.63, 3.8) is 0 Å². The lowest BCUT2D eigenvalue weighted by molar-refractivity contribution is 0.112. The van der Waals surface area contributed by atoms with Crippen molar-refractivity contribution in [3.8, 4) is 0 Å². The van der Waals surface area contributed by atoms with E-state index in [4.69, 9.17) is 0 Å². The zero-order valence-electron chi connectivity index (χ0n) is 6.28. The number of amidine groups is 1. The second-order valence-corrected chi connectivity index (χ2v) is 3.80. The van der Waals surface area contributed by atoms with E-state index in [9.17, 15) is 5.11 Å². The molecule has 0 aromatic carbocycles. The first kappa shape index (κ1) is 9.09. The Hall–Kier alpha value is -0.0000000000000000833. The molecule has 1 aliphatic heterocycles. The van der Waals surface area contributed by atoms with E-state index >= 15 is 0 Å². The van der Waals surface area contributed by atoms with Gasteiger partial charge in [-0.25, -0.2) is 4.99 Å². The van der Waals surface area contributed by atoms with Gasteiger partial charge in [-0.2, -0.15) is 0 Å². The summed E-state index contributed by atoms with van der Waals surface area (Å²) in [6.45, 7) is 0. The molecule has 0 saturated heterocycles. The molecule has 5 heteroatoms. The predicted octanol–water partition coefficient (Wildman–Crippen LogP) is 1.21. The molecule has 0 saturated carbocycles. The fourth-order valence-electron chi connectivity index (χ4n) is 0.761. The summed E-state index contributed by atoms with van der Waals surface area (Å²) in [5, 5.41) is 10.3. The van der Waals surface area contributed by atoms with Crippen molar-refractivity contribution in [3.05, 3.63) is 10.7 Å². The molecule has 1 rings (SSSR count). The number of aliphatic hydroxyl groups excluding tert-OH is 1. The highest BCUT2D eigenvalue weighted by molar-refractivity contribution is 9.11. The first-order valence-corrected chi connectivity index (χ1v) is 5.07. The van der Waals surface area contributed by atoms with Gasteiger partial charge in [0, 0.05) is 13.2 Å². The molecule has 0 fully saturated rings. The van der Waals surface area contributed by atoms with Gasteiger partial charge in [0.1, 0.15) is 0 Å². The van der Waals surface area contributed by atoms with Crippen molar-refractivity contribution in [2.24, 2.45) is 4.99 Å². The molecule has 0 aromatic rings. The molecule has 1 unspecified atom stereocenters. The van der Waals surface area contributed by atoms with Crippen LogP contribution < -0.4 is 0 Å². The molecular weight excluding hydrogens is 228 g/mol. The van der Waals surface area contributed by atoms with Crippen LogP contribution in [0.1, 0.15) is 0 Å². The molecule has 0 bridgehead atoms. The second kappa shape index (κ2) is 3.60. The number of hydrogen-bond acceptors (Lipinski definition) is 4. The second-order valence-electron chi connectivity index (χ2n) is 2.11. The van der Waals surface area contributed by atoms with Crippen LogP contribution in [0, 0.1) is 0 Å². The average Bonchev–Trinajstić information content (AvgIpc) is 2.01. The molecule has 1 atom stereocenters. The van der Waals surface area contributed by atoms with Gasteiger partial charge in [0.05, 0.1) is 4.48 Å². The van der Waals surface area contributed by atoms with Crippen molar-refractivity contribution < 1.29 is 5.11 Å². The zero-order chi connectivity index (χ0) is 8.43. The van der Waals surface area contributed by atoms with Crippen molar-refractivity contribution in [2.75, 3.05) is 13.3 Å². The van der Waals surface area contributed by atoms with E-state index in [2.05, 4.69) is 20.9 Å². The van der Waals surface area contributed by atoms with Crippen molar-refractivity contribution in [2.45, 2.75) is 6.23 Å². The van der Waals surface area contributed by atoms with Gasteiger partial charge in [-0.1, -0.05) is 11.8 Å². The lowest BCUT2D eigenvalue weighted by Gasteiger charge is -2.27. The lowest BCUT2D eigenvalue weighted by atomic mass is 10.4. The molecular formula is C6H9BrN2OS. The van der Waals surface area contributed by atoms with Gasteiger partial charge in [-0.05, 0) is 22.2 Å². The predicted molar refractivity (Wildman–Crippen MR) is 51.7 cm³/mol. The highest BCUT2D eigenvalue weighted by atomic mass is 79.9. The summed E-state index contributed by atoms with van der Waals surface area (Å²) in [6.07, 6.45) is 2.96. The summed E-state index contributed by atoms with van der Waals surface area (Å²) in [4.78, 5) is 5.80. The molecule has 0 aromatic heterocycles. The average molecular weight is 237 g/mol. The van der Waals surface area contributed by atoms with Gasteiger partial charge in [-0.15, -0.1) is 0 Å². The molecule has 0 aliphatic carbocycles. The molecule has 0 amide bonds. The summed E-state index contributed by atoms with van der Waals surface area (Å²) in [6, 6.07) is 0. The number of halogens is 1. The summed E-state index contributed by atoms with van der Waals surface area (Å²) < 4.78 is 0.692. The number of aliphatic imine (C=N–C) groups is 1. The molecule has 1 N–H and O–H groups in total. The largest absolute Gasteiger partial charge is 0.369 e. The molecule has 62 valence electrons. The zero-order valence-corrected chi connectivity index (χ0v) is 8.69. The number of aliphatic hydroxyl groups is 1. The number of hydrogen-bond donors (Lipinski definition) is 1. The summed E-state index contributed by atoms with van der Waals surface area (Å²) in [7, 11) is 1.80. The molecule has 3 nitrogen and oxygen atoms in total. The Morgan fingerprint density at radius 3 is 3.00 bits per heavy atom. The number of thioether (sulfide) groups is 1. The van der Waals surface area contributed by atoms with Crippen LogP contribution in [0.3, 0.4) is 0 Å². The molecule has 0 radical (unpaired) electrons. The Labute approximate surface area is 78.3 Å². The van der Waals surface area contributed by atoms with E-state index in [1.807, 2.05) is 6.26 Å². The van der Waals surface area contributed by atoms with Gasteiger partial charge in [-0.3, -0.25) is 0 Å². The van der Waals surface area contributed by atoms with Crippen molar-refractivity contribution in [1.29, 1.82) is 0 Å².